The zero-order chi connectivity index (χ0) is 19.7. The van der Waals surface area contributed by atoms with E-state index in [1.54, 1.807) is 6.07 Å². The van der Waals surface area contributed by atoms with E-state index in [0.29, 0.717) is 23.0 Å². The lowest BCUT2D eigenvalue weighted by molar-refractivity contribution is -0.386. The van der Waals surface area contributed by atoms with Crippen molar-refractivity contribution in [3.05, 3.63) is 27.8 Å². The molecule has 0 spiro atoms. The molecule has 8 heteroatoms. The van der Waals surface area contributed by atoms with Crippen LogP contribution in [-0.2, 0) is 4.79 Å². The van der Waals surface area contributed by atoms with E-state index in [1.807, 2.05) is 0 Å². The lowest BCUT2D eigenvalue weighted by atomic mass is 9.94. The number of carbonyl (C=O) groups excluding carboxylic acids is 1. The molecule has 1 aromatic carbocycles. The molecule has 0 bridgehead atoms. The minimum Gasteiger partial charge on any atom is -0.454 e. The van der Waals surface area contributed by atoms with E-state index in [4.69, 9.17) is 9.47 Å². The third-order valence-corrected chi connectivity index (χ3v) is 6.02. The van der Waals surface area contributed by atoms with Crippen LogP contribution in [0.4, 0.5) is 5.69 Å². The van der Waals surface area contributed by atoms with Gasteiger partial charge in [0.2, 0.25) is 12.7 Å². The van der Waals surface area contributed by atoms with Crippen molar-refractivity contribution in [2.45, 2.75) is 57.5 Å². The number of nitrogens with one attached hydrogen (secondary N) is 1. The highest BCUT2D eigenvalue weighted by atomic mass is 16.7. The maximum atomic E-state index is 13.3. The Morgan fingerprint density at radius 3 is 2.61 bits per heavy atom. The fraction of sp³-hybridized carbons (Fsp3) is 0.650. The summed E-state index contributed by atoms with van der Waals surface area (Å²) in [6.07, 6.45) is 6.25. The van der Waals surface area contributed by atoms with Gasteiger partial charge < -0.3 is 14.8 Å². The van der Waals surface area contributed by atoms with Crippen molar-refractivity contribution < 1.29 is 19.2 Å². The van der Waals surface area contributed by atoms with Crippen LogP contribution in [0.3, 0.4) is 0 Å². The van der Waals surface area contributed by atoms with Crippen LogP contribution >= 0.6 is 0 Å². The molecule has 2 fully saturated rings. The standard InChI is InChI=1S/C20H27N3O5/c1-13-5-4-8-22(11-13)19(20(24)21-14-6-2-3-7-14)15-9-17-18(28-12-27-17)10-16(15)23(25)26/h9-10,13-14,19H,2-8,11-12H2,1H3,(H,21,24)/t13-,19-/m1/s1. The summed E-state index contributed by atoms with van der Waals surface area (Å²) in [5.74, 6) is 1.12. The van der Waals surface area contributed by atoms with Gasteiger partial charge in [0.1, 0.15) is 6.04 Å². The molecule has 152 valence electrons. The van der Waals surface area contributed by atoms with Gasteiger partial charge in [-0.05, 0) is 44.2 Å². The molecule has 1 saturated heterocycles. The topological polar surface area (TPSA) is 93.9 Å². The number of benzene rings is 1. The van der Waals surface area contributed by atoms with Crippen molar-refractivity contribution in [2.24, 2.45) is 5.92 Å². The van der Waals surface area contributed by atoms with E-state index in [2.05, 4.69) is 17.1 Å². The molecule has 28 heavy (non-hydrogen) atoms. The minimum absolute atomic E-state index is 0.0373. The molecule has 1 aliphatic carbocycles. The first-order valence-corrected chi connectivity index (χ1v) is 10.2. The molecule has 4 rings (SSSR count). The summed E-state index contributed by atoms with van der Waals surface area (Å²) in [5, 5.41) is 14.9. The SMILES string of the molecule is C[C@@H]1CCCN([C@@H](C(=O)NC2CCCC2)c2cc3c(cc2[N+](=O)[O-])OCO3)C1. The molecule has 1 N–H and O–H groups in total. The van der Waals surface area contributed by atoms with Crippen LogP contribution in [0.25, 0.3) is 0 Å². The molecule has 2 atom stereocenters. The molecule has 2 heterocycles. The molecule has 3 aliphatic rings. The number of nitrogens with zero attached hydrogens (tertiary/aromatic N) is 2. The maximum absolute atomic E-state index is 13.3. The Kier molecular flexibility index (Phi) is 5.39. The van der Waals surface area contributed by atoms with Crippen LogP contribution in [-0.4, -0.2) is 41.7 Å². The van der Waals surface area contributed by atoms with E-state index in [9.17, 15) is 14.9 Å². The van der Waals surface area contributed by atoms with Gasteiger partial charge in [-0.25, -0.2) is 0 Å². The van der Waals surface area contributed by atoms with E-state index >= 15 is 0 Å². The lowest BCUT2D eigenvalue weighted by Crippen LogP contribution is -2.47. The van der Waals surface area contributed by atoms with Gasteiger partial charge >= 0.3 is 0 Å². The number of piperidine rings is 1. The van der Waals surface area contributed by atoms with Crippen molar-refractivity contribution in [2.75, 3.05) is 19.9 Å². The third-order valence-electron chi connectivity index (χ3n) is 6.02. The highest BCUT2D eigenvalue weighted by molar-refractivity contribution is 5.85. The quantitative estimate of drug-likeness (QED) is 0.614. The maximum Gasteiger partial charge on any atom is 0.278 e. The zero-order valence-corrected chi connectivity index (χ0v) is 16.2. The van der Waals surface area contributed by atoms with Gasteiger partial charge in [-0.15, -0.1) is 0 Å². The van der Waals surface area contributed by atoms with Crippen molar-refractivity contribution >= 4 is 11.6 Å². The Hall–Kier alpha value is -2.35. The van der Waals surface area contributed by atoms with Crippen LogP contribution in [0.5, 0.6) is 11.5 Å². The van der Waals surface area contributed by atoms with Gasteiger partial charge in [0, 0.05) is 12.6 Å². The molecule has 0 radical (unpaired) electrons. The molecule has 1 amide bonds. The fourth-order valence-electron chi connectivity index (χ4n) is 4.64. The largest absolute Gasteiger partial charge is 0.454 e. The Morgan fingerprint density at radius 2 is 1.93 bits per heavy atom. The number of hydrogen-bond acceptors (Lipinski definition) is 6. The Balaban J connectivity index is 1.72. The van der Waals surface area contributed by atoms with Crippen LogP contribution < -0.4 is 14.8 Å². The molecule has 8 nitrogen and oxygen atoms in total. The number of nitro benzene ring substituents is 1. The second kappa shape index (κ2) is 7.95. The summed E-state index contributed by atoms with van der Waals surface area (Å²) in [4.78, 5) is 26.8. The molecule has 2 aliphatic heterocycles. The fourth-order valence-corrected chi connectivity index (χ4v) is 4.64. The first kappa shape index (κ1) is 19.0. The highest BCUT2D eigenvalue weighted by Crippen LogP contribution is 2.42. The van der Waals surface area contributed by atoms with Crippen molar-refractivity contribution in [3.63, 3.8) is 0 Å². The number of ether oxygens (including phenoxy) is 2. The molecule has 1 aromatic rings. The number of fused-ring (bicyclic) bond motifs is 1. The van der Waals surface area contributed by atoms with E-state index < -0.39 is 11.0 Å². The number of amides is 1. The van der Waals surface area contributed by atoms with Gasteiger partial charge in [0.25, 0.3) is 5.69 Å². The number of likely N-dealkylation sites (tertiary alicyclic amines) is 1. The van der Waals surface area contributed by atoms with Gasteiger partial charge in [0.05, 0.1) is 16.6 Å². The summed E-state index contributed by atoms with van der Waals surface area (Å²) in [6, 6.07) is 2.48. The van der Waals surface area contributed by atoms with Gasteiger partial charge in [-0.1, -0.05) is 19.8 Å². The second-order valence-corrected chi connectivity index (χ2v) is 8.16. The Labute approximate surface area is 164 Å². The minimum atomic E-state index is -0.696. The molecular formula is C20H27N3O5. The molecular weight excluding hydrogens is 362 g/mol. The van der Waals surface area contributed by atoms with Crippen LogP contribution in [0.2, 0.25) is 0 Å². The number of rotatable bonds is 5. The van der Waals surface area contributed by atoms with Crippen LogP contribution in [0.15, 0.2) is 12.1 Å². The number of carbonyl (C=O) groups is 1. The Morgan fingerprint density at radius 1 is 1.21 bits per heavy atom. The second-order valence-electron chi connectivity index (χ2n) is 8.16. The predicted octanol–water partition coefficient (Wildman–Crippen LogP) is 3.16. The van der Waals surface area contributed by atoms with E-state index in [1.165, 1.54) is 6.07 Å². The summed E-state index contributed by atoms with van der Waals surface area (Å²) in [5.41, 5.74) is 0.299. The van der Waals surface area contributed by atoms with Gasteiger partial charge in [-0.3, -0.25) is 19.8 Å². The molecule has 0 aromatic heterocycles. The van der Waals surface area contributed by atoms with Gasteiger partial charge in [0.15, 0.2) is 11.5 Å². The smallest absolute Gasteiger partial charge is 0.278 e. The average Bonchev–Trinajstić information content (AvgIpc) is 3.32. The highest BCUT2D eigenvalue weighted by Gasteiger charge is 2.38. The first-order valence-electron chi connectivity index (χ1n) is 10.2. The number of hydrogen-bond donors (Lipinski definition) is 1. The predicted molar refractivity (Wildman–Crippen MR) is 102 cm³/mol. The normalized spacial score (nSPS) is 23.5. The van der Waals surface area contributed by atoms with Crippen LogP contribution in [0.1, 0.15) is 57.1 Å². The van der Waals surface area contributed by atoms with Crippen molar-refractivity contribution in [3.8, 4) is 11.5 Å². The summed E-state index contributed by atoms with van der Waals surface area (Å²) in [7, 11) is 0. The number of nitro groups is 1. The summed E-state index contributed by atoms with van der Waals surface area (Å²) < 4.78 is 10.8. The average molecular weight is 389 g/mol. The van der Waals surface area contributed by atoms with Crippen LogP contribution in [0, 0.1) is 16.0 Å². The third kappa shape index (κ3) is 3.78. The molecule has 1 saturated carbocycles. The summed E-state index contributed by atoms with van der Waals surface area (Å²) >= 11 is 0. The van der Waals surface area contributed by atoms with Crippen molar-refractivity contribution in [1.29, 1.82) is 0 Å². The van der Waals surface area contributed by atoms with Gasteiger partial charge in [-0.2, -0.15) is 0 Å². The summed E-state index contributed by atoms with van der Waals surface area (Å²) in [6.45, 7) is 3.69. The Bertz CT molecular complexity index is 762. The first-order chi connectivity index (χ1) is 13.5. The van der Waals surface area contributed by atoms with Crippen molar-refractivity contribution in [1.82, 2.24) is 10.2 Å². The van der Waals surface area contributed by atoms with E-state index in [0.717, 1.165) is 51.6 Å². The van der Waals surface area contributed by atoms with E-state index in [-0.39, 0.29) is 24.4 Å². The lowest BCUT2D eigenvalue weighted by Gasteiger charge is -2.37. The molecule has 0 unspecified atom stereocenters. The zero-order valence-electron chi connectivity index (χ0n) is 16.2. The monoisotopic (exact) mass is 389 g/mol.